The molecule has 3 rings (SSSR count). The zero-order chi connectivity index (χ0) is 18.8. The Morgan fingerprint density at radius 3 is 2.88 bits per heavy atom. The molecule has 0 atom stereocenters. The summed E-state index contributed by atoms with van der Waals surface area (Å²) in [6.07, 6.45) is 1.59. The number of hydrogen-bond acceptors (Lipinski definition) is 4. The van der Waals surface area contributed by atoms with Gasteiger partial charge in [0.05, 0.1) is 17.5 Å². The van der Waals surface area contributed by atoms with Crippen LogP contribution in [0.1, 0.15) is 25.1 Å². The van der Waals surface area contributed by atoms with Gasteiger partial charge in [-0.2, -0.15) is 20.0 Å². The molecule has 3 aromatic rings. The summed E-state index contributed by atoms with van der Waals surface area (Å²) in [4.78, 5) is 0. The minimum absolute atomic E-state index is 0.295. The van der Waals surface area contributed by atoms with Gasteiger partial charge in [-0.15, -0.1) is 0 Å². The summed E-state index contributed by atoms with van der Waals surface area (Å²) in [5, 5.41) is 16.2. The summed E-state index contributed by atoms with van der Waals surface area (Å²) >= 11 is 11.7. The fourth-order valence-electron chi connectivity index (χ4n) is 2.51. The Morgan fingerprint density at radius 1 is 1.42 bits per heavy atom. The second-order valence-corrected chi connectivity index (χ2v) is 7.03. The van der Waals surface area contributed by atoms with Crippen LogP contribution in [0.15, 0.2) is 29.4 Å². The lowest BCUT2D eigenvalue weighted by molar-refractivity contribution is 0.482. The molecule has 0 saturated carbocycles. The smallest absolute Gasteiger partial charge is 0.216 e. The van der Waals surface area contributed by atoms with E-state index in [1.807, 2.05) is 6.92 Å². The molecule has 0 amide bonds. The molecule has 0 aliphatic carbocycles. The van der Waals surface area contributed by atoms with Gasteiger partial charge in [0.2, 0.25) is 4.77 Å². The molecule has 2 heterocycles. The second kappa shape index (κ2) is 7.51. The second-order valence-electron chi connectivity index (χ2n) is 6.28. The largest absolute Gasteiger partial charge is 0.253 e. The molecule has 0 radical (unpaired) electrons. The van der Waals surface area contributed by atoms with Gasteiger partial charge in [0.25, 0.3) is 0 Å². The predicted molar refractivity (Wildman–Crippen MR) is 103 cm³/mol. The van der Waals surface area contributed by atoms with Crippen molar-refractivity contribution in [3.05, 3.63) is 51.3 Å². The maximum absolute atomic E-state index is 13.5. The highest BCUT2D eigenvalue weighted by Gasteiger charge is 2.14. The van der Waals surface area contributed by atoms with Crippen molar-refractivity contribution in [2.45, 2.75) is 27.3 Å². The first-order chi connectivity index (χ1) is 12.4. The molecule has 0 unspecified atom stereocenters. The van der Waals surface area contributed by atoms with Crippen LogP contribution in [0.4, 0.5) is 4.39 Å². The van der Waals surface area contributed by atoms with Crippen molar-refractivity contribution in [3.8, 4) is 11.4 Å². The van der Waals surface area contributed by atoms with Crippen molar-refractivity contribution < 1.29 is 4.39 Å². The van der Waals surface area contributed by atoms with E-state index in [0.29, 0.717) is 39.3 Å². The number of aryl methyl sites for hydroxylation is 1. The zero-order valence-electron chi connectivity index (χ0n) is 14.6. The molecule has 2 aromatic heterocycles. The number of rotatable bonds is 5. The van der Waals surface area contributed by atoms with Gasteiger partial charge < -0.3 is 0 Å². The maximum atomic E-state index is 13.5. The van der Waals surface area contributed by atoms with Crippen molar-refractivity contribution >= 4 is 30.0 Å². The average molecular weight is 393 g/mol. The van der Waals surface area contributed by atoms with Crippen LogP contribution < -0.4 is 0 Å². The lowest BCUT2D eigenvalue weighted by Crippen LogP contribution is -2.06. The number of aromatic nitrogens is 5. The third-order valence-electron chi connectivity index (χ3n) is 3.68. The van der Waals surface area contributed by atoms with E-state index in [1.54, 1.807) is 23.0 Å². The van der Waals surface area contributed by atoms with Crippen molar-refractivity contribution in [2.75, 3.05) is 0 Å². The number of benzene rings is 1. The minimum Gasteiger partial charge on any atom is -0.253 e. The Balaban J connectivity index is 1.99. The van der Waals surface area contributed by atoms with Gasteiger partial charge >= 0.3 is 0 Å². The normalized spacial score (nSPS) is 11.8. The molecule has 0 aliphatic rings. The molecule has 0 aliphatic heterocycles. The molecule has 0 bridgehead atoms. The minimum atomic E-state index is -0.360. The van der Waals surface area contributed by atoms with Crippen LogP contribution in [0.2, 0.25) is 5.15 Å². The summed E-state index contributed by atoms with van der Waals surface area (Å²) in [5.41, 5.74) is 2.04. The highest BCUT2D eigenvalue weighted by atomic mass is 35.5. The lowest BCUT2D eigenvalue weighted by atomic mass is 10.2. The van der Waals surface area contributed by atoms with E-state index in [0.717, 1.165) is 5.69 Å². The Morgan fingerprint density at radius 2 is 2.19 bits per heavy atom. The van der Waals surface area contributed by atoms with Crippen LogP contribution in [0.3, 0.4) is 0 Å². The molecule has 1 N–H and O–H groups in total. The summed E-state index contributed by atoms with van der Waals surface area (Å²) < 4.78 is 17.0. The molecule has 0 saturated heterocycles. The van der Waals surface area contributed by atoms with Crippen LogP contribution in [-0.4, -0.2) is 30.9 Å². The van der Waals surface area contributed by atoms with Gasteiger partial charge in [0.15, 0.2) is 5.82 Å². The maximum Gasteiger partial charge on any atom is 0.216 e. The van der Waals surface area contributed by atoms with E-state index >= 15 is 0 Å². The molecular formula is C17H18ClFN6S. The van der Waals surface area contributed by atoms with Gasteiger partial charge in [-0.05, 0) is 37.2 Å². The molecule has 9 heteroatoms. The highest BCUT2D eigenvalue weighted by molar-refractivity contribution is 7.71. The first-order valence-corrected chi connectivity index (χ1v) is 8.86. The number of hydrogen-bond donors (Lipinski definition) is 1. The zero-order valence-corrected chi connectivity index (χ0v) is 16.1. The lowest BCUT2D eigenvalue weighted by Gasteiger charge is -2.05. The molecule has 6 nitrogen and oxygen atoms in total. The van der Waals surface area contributed by atoms with E-state index in [-0.39, 0.29) is 5.82 Å². The van der Waals surface area contributed by atoms with Crippen molar-refractivity contribution in [3.63, 3.8) is 0 Å². The molecule has 1 aromatic carbocycles. The molecular weight excluding hydrogens is 375 g/mol. The van der Waals surface area contributed by atoms with Gasteiger partial charge in [-0.1, -0.05) is 37.6 Å². The summed E-state index contributed by atoms with van der Waals surface area (Å²) in [7, 11) is 0. The summed E-state index contributed by atoms with van der Waals surface area (Å²) in [6.45, 7) is 6.77. The van der Waals surface area contributed by atoms with Gasteiger partial charge in [0, 0.05) is 12.1 Å². The van der Waals surface area contributed by atoms with Gasteiger partial charge in [-0.25, -0.2) is 9.49 Å². The number of aromatic amines is 1. The van der Waals surface area contributed by atoms with E-state index in [2.05, 4.69) is 34.2 Å². The summed E-state index contributed by atoms with van der Waals surface area (Å²) in [5.74, 6) is 0.466. The average Bonchev–Trinajstić information content (AvgIpc) is 3.06. The number of nitrogens with one attached hydrogen (secondary N) is 1. The van der Waals surface area contributed by atoms with Crippen LogP contribution in [-0.2, 0) is 6.54 Å². The van der Waals surface area contributed by atoms with E-state index in [9.17, 15) is 4.39 Å². The van der Waals surface area contributed by atoms with Crippen molar-refractivity contribution in [1.29, 1.82) is 0 Å². The molecule has 0 fully saturated rings. The standard InChI is InChI=1S/C17H18ClFN6S/c1-10(2)9-24-15(18)14(11(3)23-24)8-20-25-16(21-22-17(25)26)12-5-4-6-13(19)7-12/h4-8,10H,9H2,1-3H3,(H,22,26)/b20-8-. The van der Waals surface area contributed by atoms with E-state index in [1.165, 1.54) is 16.8 Å². The Hall–Kier alpha value is -2.32. The predicted octanol–water partition coefficient (Wildman–Crippen LogP) is 4.44. The highest BCUT2D eigenvalue weighted by Crippen LogP contribution is 2.21. The van der Waals surface area contributed by atoms with Crippen molar-refractivity contribution in [2.24, 2.45) is 11.0 Å². The van der Waals surface area contributed by atoms with Crippen LogP contribution in [0, 0.1) is 23.4 Å². The van der Waals surface area contributed by atoms with Crippen LogP contribution in [0.5, 0.6) is 0 Å². The first-order valence-electron chi connectivity index (χ1n) is 8.07. The van der Waals surface area contributed by atoms with E-state index in [4.69, 9.17) is 23.8 Å². The monoisotopic (exact) mass is 392 g/mol. The quantitative estimate of drug-likeness (QED) is 0.515. The molecule has 136 valence electrons. The topological polar surface area (TPSA) is 63.8 Å². The fourth-order valence-corrected chi connectivity index (χ4v) is 2.98. The third kappa shape index (κ3) is 3.76. The van der Waals surface area contributed by atoms with Crippen LogP contribution >= 0.6 is 23.8 Å². The van der Waals surface area contributed by atoms with E-state index < -0.39 is 0 Å². The Bertz CT molecular complexity index is 1020. The van der Waals surface area contributed by atoms with Gasteiger partial charge in [0.1, 0.15) is 11.0 Å². The fraction of sp³-hybridized carbons (Fsp3) is 0.294. The van der Waals surface area contributed by atoms with Gasteiger partial charge in [-0.3, -0.25) is 4.68 Å². The third-order valence-corrected chi connectivity index (χ3v) is 4.35. The number of H-pyrrole nitrogens is 1. The Labute approximate surface area is 160 Å². The Kier molecular flexibility index (Phi) is 5.33. The first kappa shape index (κ1) is 18.5. The number of halogens is 2. The summed E-state index contributed by atoms with van der Waals surface area (Å²) in [6, 6.07) is 6.08. The van der Waals surface area contributed by atoms with Crippen molar-refractivity contribution in [1.82, 2.24) is 24.7 Å². The molecule has 26 heavy (non-hydrogen) atoms. The molecule has 0 spiro atoms. The van der Waals surface area contributed by atoms with Crippen LogP contribution in [0.25, 0.3) is 11.4 Å². The SMILES string of the molecule is Cc1nn(CC(C)C)c(Cl)c1/C=N\n1c(-c2cccc(F)c2)n[nH]c1=S. The number of nitrogens with zero attached hydrogens (tertiary/aromatic N) is 5.